The first kappa shape index (κ1) is 9.65. The number of rotatable bonds is 3. The Morgan fingerprint density at radius 3 is 2.71 bits per heavy atom. The molecule has 1 saturated carbocycles. The summed E-state index contributed by atoms with van der Waals surface area (Å²) >= 11 is 0. The van der Waals surface area contributed by atoms with E-state index in [0.29, 0.717) is 12.4 Å². The monoisotopic (exact) mass is 195 g/mol. The molecule has 1 fully saturated rings. The van der Waals surface area contributed by atoms with Gasteiger partial charge in [-0.1, -0.05) is 24.4 Å². The molecule has 78 valence electrons. The predicted octanol–water partition coefficient (Wildman–Crippen LogP) is 1.65. The number of aromatic nitrogens is 2. The van der Waals surface area contributed by atoms with Crippen LogP contribution in [0.25, 0.3) is 0 Å². The van der Waals surface area contributed by atoms with E-state index in [2.05, 4.69) is 10.1 Å². The maximum Gasteiger partial charge on any atom is 0.226 e. The molecule has 0 aromatic carbocycles. The van der Waals surface area contributed by atoms with Crippen LogP contribution in [-0.2, 0) is 13.0 Å². The second-order valence-electron chi connectivity index (χ2n) is 4.02. The average Bonchev–Trinajstić information content (AvgIpc) is 2.67. The van der Waals surface area contributed by atoms with Crippen molar-refractivity contribution in [3.8, 4) is 0 Å². The van der Waals surface area contributed by atoms with Crippen molar-refractivity contribution in [2.75, 3.05) is 0 Å². The third-order valence-corrected chi connectivity index (χ3v) is 2.88. The SMILES string of the molecule is NCc1noc(CC2CCCCC2)n1. The van der Waals surface area contributed by atoms with Crippen LogP contribution in [0.5, 0.6) is 0 Å². The lowest BCUT2D eigenvalue weighted by atomic mass is 9.87. The van der Waals surface area contributed by atoms with Gasteiger partial charge in [-0.3, -0.25) is 0 Å². The summed E-state index contributed by atoms with van der Waals surface area (Å²) < 4.78 is 5.12. The zero-order chi connectivity index (χ0) is 9.80. The number of nitrogens with zero attached hydrogens (tertiary/aromatic N) is 2. The smallest absolute Gasteiger partial charge is 0.226 e. The lowest BCUT2D eigenvalue weighted by Gasteiger charge is -2.19. The van der Waals surface area contributed by atoms with Gasteiger partial charge in [0.15, 0.2) is 5.82 Å². The second-order valence-corrected chi connectivity index (χ2v) is 4.02. The molecular formula is C10H17N3O. The van der Waals surface area contributed by atoms with Crippen molar-refractivity contribution in [3.05, 3.63) is 11.7 Å². The first-order valence-electron chi connectivity index (χ1n) is 5.40. The highest BCUT2D eigenvalue weighted by Gasteiger charge is 2.17. The van der Waals surface area contributed by atoms with Crippen LogP contribution >= 0.6 is 0 Å². The molecule has 1 aliphatic rings. The third-order valence-electron chi connectivity index (χ3n) is 2.88. The van der Waals surface area contributed by atoms with Crippen molar-refractivity contribution >= 4 is 0 Å². The summed E-state index contributed by atoms with van der Waals surface area (Å²) in [6, 6.07) is 0. The fourth-order valence-electron chi connectivity index (χ4n) is 2.09. The summed E-state index contributed by atoms with van der Waals surface area (Å²) in [6.45, 7) is 0.369. The van der Waals surface area contributed by atoms with E-state index >= 15 is 0 Å². The van der Waals surface area contributed by atoms with Crippen LogP contribution in [0.3, 0.4) is 0 Å². The number of nitrogens with two attached hydrogens (primary N) is 1. The average molecular weight is 195 g/mol. The standard InChI is InChI=1S/C10H17N3O/c11-7-9-12-10(14-13-9)6-8-4-2-1-3-5-8/h8H,1-7,11H2. The highest BCUT2D eigenvalue weighted by atomic mass is 16.5. The van der Waals surface area contributed by atoms with Crippen molar-refractivity contribution in [1.29, 1.82) is 0 Å². The zero-order valence-electron chi connectivity index (χ0n) is 8.41. The van der Waals surface area contributed by atoms with E-state index in [1.165, 1.54) is 32.1 Å². The molecule has 14 heavy (non-hydrogen) atoms. The molecule has 4 heteroatoms. The minimum atomic E-state index is 0.369. The van der Waals surface area contributed by atoms with Crippen molar-refractivity contribution in [2.24, 2.45) is 11.7 Å². The molecule has 1 aliphatic carbocycles. The normalized spacial score (nSPS) is 18.6. The minimum absolute atomic E-state index is 0.369. The van der Waals surface area contributed by atoms with Crippen LogP contribution in [0.2, 0.25) is 0 Å². The molecule has 2 rings (SSSR count). The van der Waals surface area contributed by atoms with E-state index in [-0.39, 0.29) is 0 Å². The van der Waals surface area contributed by atoms with E-state index in [9.17, 15) is 0 Å². The first-order valence-corrected chi connectivity index (χ1v) is 5.40. The molecule has 2 N–H and O–H groups in total. The largest absolute Gasteiger partial charge is 0.339 e. The molecule has 0 spiro atoms. The number of hydrogen-bond donors (Lipinski definition) is 1. The Hall–Kier alpha value is -0.900. The fourth-order valence-corrected chi connectivity index (χ4v) is 2.09. The molecule has 4 nitrogen and oxygen atoms in total. The molecule has 0 amide bonds. The summed E-state index contributed by atoms with van der Waals surface area (Å²) in [5.74, 6) is 2.13. The Bertz CT molecular complexity index is 279. The fraction of sp³-hybridized carbons (Fsp3) is 0.800. The summed E-state index contributed by atoms with van der Waals surface area (Å²) in [7, 11) is 0. The van der Waals surface area contributed by atoms with Gasteiger partial charge in [-0.05, 0) is 18.8 Å². The summed E-state index contributed by atoms with van der Waals surface area (Å²) in [4.78, 5) is 4.22. The highest BCUT2D eigenvalue weighted by Crippen LogP contribution is 2.26. The van der Waals surface area contributed by atoms with Gasteiger partial charge in [0.25, 0.3) is 0 Å². The molecule has 0 unspecified atom stereocenters. The van der Waals surface area contributed by atoms with Gasteiger partial charge in [0.1, 0.15) is 0 Å². The summed E-state index contributed by atoms with van der Waals surface area (Å²) in [5, 5.41) is 3.79. The lowest BCUT2D eigenvalue weighted by molar-refractivity contribution is 0.303. The lowest BCUT2D eigenvalue weighted by Crippen LogP contribution is -2.09. The highest BCUT2D eigenvalue weighted by molar-refractivity contribution is 4.87. The van der Waals surface area contributed by atoms with Crippen molar-refractivity contribution in [1.82, 2.24) is 10.1 Å². The predicted molar refractivity (Wildman–Crippen MR) is 52.5 cm³/mol. The summed E-state index contributed by atoms with van der Waals surface area (Å²) in [5.41, 5.74) is 5.41. The Morgan fingerprint density at radius 2 is 2.07 bits per heavy atom. The third kappa shape index (κ3) is 2.32. The molecule has 1 aromatic heterocycles. The van der Waals surface area contributed by atoms with Gasteiger partial charge >= 0.3 is 0 Å². The molecule has 0 bridgehead atoms. The Kier molecular flexibility index (Phi) is 3.14. The van der Waals surface area contributed by atoms with Crippen LogP contribution < -0.4 is 5.73 Å². The molecule has 1 heterocycles. The van der Waals surface area contributed by atoms with Gasteiger partial charge in [-0.25, -0.2) is 0 Å². The van der Waals surface area contributed by atoms with Crippen LogP contribution in [0.1, 0.15) is 43.8 Å². The molecule has 0 atom stereocenters. The van der Waals surface area contributed by atoms with Gasteiger partial charge in [-0.15, -0.1) is 0 Å². The Labute approximate surface area is 83.9 Å². The maximum absolute atomic E-state index is 5.41. The van der Waals surface area contributed by atoms with E-state index in [1.54, 1.807) is 0 Å². The van der Waals surface area contributed by atoms with Crippen LogP contribution in [0.4, 0.5) is 0 Å². The number of hydrogen-bond acceptors (Lipinski definition) is 4. The van der Waals surface area contributed by atoms with Crippen molar-refractivity contribution < 1.29 is 4.52 Å². The van der Waals surface area contributed by atoms with Gasteiger partial charge in [-0.2, -0.15) is 4.98 Å². The second kappa shape index (κ2) is 4.55. The van der Waals surface area contributed by atoms with E-state index < -0.39 is 0 Å². The summed E-state index contributed by atoms with van der Waals surface area (Å²) in [6.07, 6.45) is 7.63. The van der Waals surface area contributed by atoms with Gasteiger partial charge in [0.05, 0.1) is 6.54 Å². The quantitative estimate of drug-likeness (QED) is 0.796. The van der Waals surface area contributed by atoms with Crippen LogP contribution in [0.15, 0.2) is 4.52 Å². The van der Waals surface area contributed by atoms with Gasteiger partial charge in [0, 0.05) is 6.42 Å². The van der Waals surface area contributed by atoms with E-state index in [0.717, 1.165) is 18.2 Å². The molecule has 0 radical (unpaired) electrons. The molecule has 0 aliphatic heterocycles. The van der Waals surface area contributed by atoms with E-state index in [1.807, 2.05) is 0 Å². The van der Waals surface area contributed by atoms with Crippen LogP contribution in [-0.4, -0.2) is 10.1 Å². The van der Waals surface area contributed by atoms with Gasteiger partial charge < -0.3 is 10.3 Å². The maximum atomic E-state index is 5.41. The molecular weight excluding hydrogens is 178 g/mol. The molecule has 1 aromatic rings. The Balaban J connectivity index is 1.89. The minimum Gasteiger partial charge on any atom is -0.339 e. The van der Waals surface area contributed by atoms with Crippen molar-refractivity contribution in [2.45, 2.75) is 45.1 Å². The zero-order valence-corrected chi connectivity index (χ0v) is 8.41. The topological polar surface area (TPSA) is 64.9 Å². The first-order chi connectivity index (χ1) is 6.88. The van der Waals surface area contributed by atoms with Crippen molar-refractivity contribution in [3.63, 3.8) is 0 Å². The van der Waals surface area contributed by atoms with Gasteiger partial charge in [0.2, 0.25) is 5.89 Å². The molecule has 0 saturated heterocycles. The van der Waals surface area contributed by atoms with Crippen LogP contribution in [0, 0.1) is 5.92 Å². The van der Waals surface area contributed by atoms with E-state index in [4.69, 9.17) is 10.3 Å². The Morgan fingerprint density at radius 1 is 1.29 bits per heavy atom.